The second-order valence-corrected chi connectivity index (χ2v) is 11.3. The zero-order valence-electron chi connectivity index (χ0n) is 22.1. The maximum absolute atomic E-state index is 12.8. The summed E-state index contributed by atoms with van der Waals surface area (Å²) >= 11 is 0. The van der Waals surface area contributed by atoms with E-state index in [1.165, 1.54) is 12.1 Å². The first-order valence-corrected chi connectivity index (χ1v) is 13.7. The fourth-order valence-corrected chi connectivity index (χ4v) is 6.04. The third-order valence-corrected chi connectivity index (χ3v) is 8.44. The van der Waals surface area contributed by atoms with Crippen molar-refractivity contribution in [3.8, 4) is 0 Å². The number of likely N-dealkylation sites (tertiary alicyclic amines) is 1. The molecule has 1 saturated carbocycles. The normalized spacial score (nSPS) is 24.5. The average molecular weight is 549 g/mol. The van der Waals surface area contributed by atoms with Crippen LogP contribution in [-0.4, -0.2) is 58.7 Å². The molecule has 1 N–H and O–H groups in total. The minimum absolute atomic E-state index is 0.0277. The number of hydrogen-bond acceptors (Lipinski definition) is 6. The molecule has 2 amide bonds. The van der Waals surface area contributed by atoms with Gasteiger partial charge in [0, 0.05) is 51.0 Å². The molecule has 2 aromatic rings. The van der Waals surface area contributed by atoms with Crippen molar-refractivity contribution in [2.45, 2.75) is 69.8 Å². The number of hydrogen-bond donors (Lipinski definition) is 1. The summed E-state index contributed by atoms with van der Waals surface area (Å²) in [6.45, 7) is 5.08. The van der Waals surface area contributed by atoms with Gasteiger partial charge in [-0.1, -0.05) is 17.3 Å². The molecule has 1 aromatic carbocycles. The molecule has 1 unspecified atom stereocenters. The lowest BCUT2D eigenvalue weighted by atomic mass is 9.81. The van der Waals surface area contributed by atoms with E-state index in [-0.39, 0.29) is 24.0 Å². The summed E-state index contributed by atoms with van der Waals surface area (Å²) in [5.74, 6) is 0.949. The minimum atomic E-state index is -4.33. The van der Waals surface area contributed by atoms with Crippen LogP contribution in [0.25, 0.3) is 0 Å². The quantitative estimate of drug-likeness (QED) is 0.514. The molecule has 0 bridgehead atoms. The first-order valence-electron chi connectivity index (χ1n) is 13.7. The molecule has 1 aromatic heterocycles. The van der Waals surface area contributed by atoms with E-state index in [1.54, 1.807) is 12.3 Å². The number of halogens is 3. The van der Waals surface area contributed by atoms with Gasteiger partial charge in [-0.25, -0.2) is 4.79 Å². The second-order valence-electron chi connectivity index (χ2n) is 11.3. The number of alkyl halides is 3. The third-order valence-electron chi connectivity index (χ3n) is 8.44. The van der Waals surface area contributed by atoms with Crippen molar-refractivity contribution in [1.29, 1.82) is 0 Å². The van der Waals surface area contributed by atoms with E-state index in [1.807, 2.05) is 11.8 Å². The van der Waals surface area contributed by atoms with Crippen molar-refractivity contribution >= 4 is 12.0 Å². The lowest BCUT2D eigenvalue weighted by Gasteiger charge is -2.37. The Morgan fingerprint density at radius 1 is 1.13 bits per heavy atom. The minimum Gasteiger partial charge on any atom is -0.441 e. The Balaban J connectivity index is 1.05. The van der Waals surface area contributed by atoms with Gasteiger partial charge in [0.1, 0.15) is 5.60 Å². The topological polar surface area (TPSA) is 87.9 Å². The van der Waals surface area contributed by atoms with Crippen LogP contribution in [0.4, 0.5) is 18.0 Å². The van der Waals surface area contributed by atoms with Gasteiger partial charge in [0.15, 0.2) is 5.76 Å². The summed E-state index contributed by atoms with van der Waals surface area (Å²) in [4.78, 5) is 29.4. The van der Waals surface area contributed by atoms with Gasteiger partial charge in [-0.2, -0.15) is 13.2 Å². The zero-order chi connectivity index (χ0) is 27.6. The highest BCUT2D eigenvalue weighted by Crippen LogP contribution is 2.37. The Hall–Kier alpha value is -3.08. The van der Waals surface area contributed by atoms with Gasteiger partial charge in [0.25, 0.3) is 0 Å². The number of carbonyl (C=O) groups is 2. The molecule has 2 saturated heterocycles. The highest BCUT2D eigenvalue weighted by molar-refractivity contribution is 5.79. The summed E-state index contributed by atoms with van der Waals surface area (Å²) in [6.07, 6.45) is 1.69. The molecule has 212 valence electrons. The number of benzene rings is 1. The molecule has 3 aliphatic rings. The van der Waals surface area contributed by atoms with Gasteiger partial charge >= 0.3 is 12.3 Å². The molecular weight excluding hydrogens is 513 g/mol. The fraction of sp³-hybridized carbons (Fsp3) is 0.607. The zero-order valence-corrected chi connectivity index (χ0v) is 22.1. The van der Waals surface area contributed by atoms with Crippen molar-refractivity contribution in [2.75, 3.05) is 26.2 Å². The average Bonchev–Trinajstić information content (AvgIpc) is 3.55. The van der Waals surface area contributed by atoms with Gasteiger partial charge in [-0.15, -0.1) is 0 Å². The number of aromatic nitrogens is 1. The molecule has 3 fully saturated rings. The molecule has 11 heteroatoms. The molecule has 3 heterocycles. The smallest absolute Gasteiger partial charge is 0.416 e. The Morgan fingerprint density at radius 2 is 1.82 bits per heavy atom. The molecule has 1 atom stereocenters. The van der Waals surface area contributed by atoms with E-state index in [2.05, 4.69) is 15.4 Å². The molecule has 39 heavy (non-hydrogen) atoms. The number of carbonyl (C=O) groups excluding carboxylic acids is 2. The highest BCUT2D eigenvalue weighted by atomic mass is 19.4. The Bertz CT molecular complexity index is 1120. The van der Waals surface area contributed by atoms with Crippen LogP contribution in [0.2, 0.25) is 0 Å². The SMILES string of the molecule is CC(NC(=O)C1CCC(CN2CC3(CCN(Cc4ccc(C(F)(F)F)cc4)CC3)OC2=O)CC1)c1ccno1. The van der Waals surface area contributed by atoms with Gasteiger partial charge in [-0.05, 0) is 56.2 Å². The predicted octanol–water partition coefficient (Wildman–Crippen LogP) is 5.16. The van der Waals surface area contributed by atoms with Crippen molar-refractivity contribution < 1.29 is 32.0 Å². The van der Waals surface area contributed by atoms with Crippen LogP contribution in [0.15, 0.2) is 41.1 Å². The molecule has 1 spiro atoms. The van der Waals surface area contributed by atoms with Gasteiger partial charge < -0.3 is 19.5 Å². The van der Waals surface area contributed by atoms with Crippen LogP contribution in [0.5, 0.6) is 0 Å². The van der Waals surface area contributed by atoms with Crippen LogP contribution in [0, 0.1) is 11.8 Å². The second kappa shape index (κ2) is 11.2. The van der Waals surface area contributed by atoms with E-state index in [0.717, 1.165) is 56.5 Å². The van der Waals surface area contributed by atoms with Gasteiger partial charge in [0.05, 0.1) is 24.3 Å². The maximum atomic E-state index is 12.8. The summed E-state index contributed by atoms with van der Waals surface area (Å²) in [7, 11) is 0. The summed E-state index contributed by atoms with van der Waals surface area (Å²) < 4.78 is 49.5. The number of nitrogens with zero attached hydrogens (tertiary/aromatic N) is 3. The summed E-state index contributed by atoms with van der Waals surface area (Å²) in [5, 5.41) is 6.69. The van der Waals surface area contributed by atoms with Crippen molar-refractivity contribution in [1.82, 2.24) is 20.3 Å². The number of amides is 2. The van der Waals surface area contributed by atoms with Crippen molar-refractivity contribution in [3.05, 3.63) is 53.4 Å². The lowest BCUT2D eigenvalue weighted by Crippen LogP contribution is -2.46. The van der Waals surface area contributed by atoms with Crippen molar-refractivity contribution in [2.24, 2.45) is 11.8 Å². The van der Waals surface area contributed by atoms with E-state index < -0.39 is 17.3 Å². The largest absolute Gasteiger partial charge is 0.441 e. The monoisotopic (exact) mass is 548 g/mol. The van der Waals surface area contributed by atoms with E-state index in [9.17, 15) is 22.8 Å². The number of nitrogens with one attached hydrogen (secondary N) is 1. The molecule has 2 aliphatic heterocycles. The van der Waals surface area contributed by atoms with E-state index in [0.29, 0.717) is 44.2 Å². The Kier molecular flexibility index (Phi) is 7.89. The number of piperidine rings is 1. The molecule has 0 radical (unpaired) electrons. The number of ether oxygens (including phenoxy) is 1. The Morgan fingerprint density at radius 3 is 2.44 bits per heavy atom. The predicted molar refractivity (Wildman–Crippen MR) is 135 cm³/mol. The van der Waals surface area contributed by atoms with Crippen LogP contribution in [0.3, 0.4) is 0 Å². The lowest BCUT2D eigenvalue weighted by molar-refractivity contribution is -0.137. The standard InChI is InChI=1S/C28H35F3N4O4/c1-19(24-10-13-32-39-24)33-25(36)22-6-2-21(3-7-22)17-35-18-27(38-26(35)37)11-14-34(15-12-27)16-20-4-8-23(9-5-20)28(29,30)31/h4-5,8-10,13,19,21-22H,2-3,6-7,11-12,14-18H2,1H3,(H,33,36). The number of rotatable bonds is 7. The summed E-state index contributed by atoms with van der Waals surface area (Å²) in [6, 6.07) is 6.81. The molecule has 5 rings (SSSR count). The molecular formula is C28H35F3N4O4. The maximum Gasteiger partial charge on any atom is 0.416 e. The molecule has 8 nitrogen and oxygen atoms in total. The third kappa shape index (κ3) is 6.57. The van der Waals surface area contributed by atoms with Gasteiger partial charge in [0.2, 0.25) is 5.91 Å². The fourth-order valence-electron chi connectivity index (χ4n) is 6.04. The van der Waals surface area contributed by atoms with Crippen LogP contribution >= 0.6 is 0 Å². The highest BCUT2D eigenvalue weighted by Gasteiger charge is 2.47. The Labute approximate surface area is 225 Å². The van der Waals surface area contributed by atoms with Crippen molar-refractivity contribution in [3.63, 3.8) is 0 Å². The van der Waals surface area contributed by atoms with E-state index in [4.69, 9.17) is 9.26 Å². The van der Waals surface area contributed by atoms with Gasteiger partial charge in [-0.3, -0.25) is 9.69 Å². The van der Waals surface area contributed by atoms with E-state index >= 15 is 0 Å². The first kappa shape index (κ1) is 27.5. The van der Waals surface area contributed by atoms with Crippen LogP contribution in [-0.2, 0) is 22.3 Å². The van der Waals surface area contributed by atoms with Crippen LogP contribution < -0.4 is 5.32 Å². The first-order chi connectivity index (χ1) is 18.6. The molecule has 1 aliphatic carbocycles. The van der Waals surface area contributed by atoms with Crippen LogP contribution in [0.1, 0.15) is 68.4 Å². The summed E-state index contributed by atoms with van der Waals surface area (Å²) in [5.41, 5.74) is -0.307.